The Bertz CT molecular complexity index is 380. The molecule has 0 aromatic carbocycles. The van der Waals surface area contributed by atoms with Gasteiger partial charge in [0.1, 0.15) is 5.01 Å². The molecular formula is C15H28N2OS. The van der Waals surface area contributed by atoms with Crippen molar-refractivity contribution in [1.82, 2.24) is 10.3 Å². The molecule has 0 radical (unpaired) electrons. The molecule has 1 heterocycles. The van der Waals surface area contributed by atoms with Crippen LogP contribution in [-0.4, -0.2) is 23.2 Å². The largest absolute Gasteiger partial charge is 0.396 e. The molecule has 0 saturated carbocycles. The predicted molar refractivity (Wildman–Crippen MR) is 82.6 cm³/mol. The Morgan fingerprint density at radius 3 is 2.47 bits per heavy atom. The van der Waals surface area contributed by atoms with Crippen molar-refractivity contribution in [2.24, 2.45) is 5.41 Å². The fraction of sp³-hybridized carbons (Fsp3) is 0.800. The van der Waals surface area contributed by atoms with Crippen LogP contribution in [0.15, 0.2) is 5.38 Å². The lowest BCUT2D eigenvalue weighted by atomic mass is 9.88. The molecule has 0 atom stereocenters. The number of aliphatic hydroxyl groups excluding tert-OH is 1. The molecule has 0 aliphatic rings. The van der Waals surface area contributed by atoms with Gasteiger partial charge in [0, 0.05) is 30.5 Å². The molecule has 0 aliphatic heterocycles. The lowest BCUT2D eigenvalue weighted by molar-refractivity contribution is 0.236. The summed E-state index contributed by atoms with van der Waals surface area (Å²) in [6.07, 6.45) is 1.92. The minimum atomic E-state index is 0.134. The van der Waals surface area contributed by atoms with E-state index in [1.165, 1.54) is 5.69 Å². The van der Waals surface area contributed by atoms with Crippen LogP contribution < -0.4 is 5.32 Å². The van der Waals surface area contributed by atoms with Crippen LogP contribution in [0.25, 0.3) is 0 Å². The van der Waals surface area contributed by atoms with Gasteiger partial charge in [-0.25, -0.2) is 4.98 Å². The maximum atomic E-state index is 8.88. The van der Waals surface area contributed by atoms with Crippen LogP contribution in [0.1, 0.15) is 58.2 Å². The highest BCUT2D eigenvalue weighted by Gasteiger charge is 2.19. The first-order valence-electron chi connectivity index (χ1n) is 7.01. The van der Waals surface area contributed by atoms with Gasteiger partial charge in [0.05, 0.1) is 5.69 Å². The summed E-state index contributed by atoms with van der Waals surface area (Å²) in [6, 6.07) is 0. The molecule has 2 N–H and O–H groups in total. The normalized spacial score (nSPS) is 12.9. The minimum Gasteiger partial charge on any atom is -0.396 e. The highest BCUT2D eigenvalue weighted by Crippen LogP contribution is 2.24. The first-order valence-corrected chi connectivity index (χ1v) is 7.89. The molecule has 1 aromatic rings. The van der Waals surface area contributed by atoms with Crippen molar-refractivity contribution in [3.63, 3.8) is 0 Å². The number of aliphatic hydroxyl groups is 1. The molecule has 0 spiro atoms. The number of hydrogen-bond acceptors (Lipinski definition) is 4. The molecule has 3 nitrogen and oxygen atoms in total. The molecule has 0 fully saturated rings. The van der Waals surface area contributed by atoms with E-state index in [1.807, 2.05) is 0 Å². The monoisotopic (exact) mass is 284 g/mol. The number of nitrogens with one attached hydrogen (secondary N) is 1. The van der Waals surface area contributed by atoms with Crippen molar-refractivity contribution in [3.8, 4) is 0 Å². The second-order valence-corrected chi connectivity index (χ2v) is 7.91. The van der Waals surface area contributed by atoms with E-state index in [4.69, 9.17) is 5.11 Å². The van der Waals surface area contributed by atoms with E-state index < -0.39 is 0 Å². The Morgan fingerprint density at radius 1 is 1.26 bits per heavy atom. The Kier molecular flexibility index (Phi) is 5.96. The minimum absolute atomic E-state index is 0.134. The van der Waals surface area contributed by atoms with E-state index in [-0.39, 0.29) is 17.4 Å². The summed E-state index contributed by atoms with van der Waals surface area (Å²) in [6.45, 7) is 13.1. The van der Waals surface area contributed by atoms with E-state index in [9.17, 15) is 0 Å². The van der Waals surface area contributed by atoms with Crippen molar-refractivity contribution in [2.75, 3.05) is 13.2 Å². The van der Waals surface area contributed by atoms with Gasteiger partial charge in [-0.05, 0) is 18.3 Å². The van der Waals surface area contributed by atoms with Crippen LogP contribution in [0.5, 0.6) is 0 Å². The second kappa shape index (κ2) is 6.82. The smallest absolute Gasteiger partial charge is 0.107 e. The lowest BCUT2D eigenvalue weighted by Crippen LogP contribution is -2.29. The maximum Gasteiger partial charge on any atom is 0.107 e. The lowest BCUT2D eigenvalue weighted by Gasteiger charge is -2.24. The van der Waals surface area contributed by atoms with Crippen molar-refractivity contribution in [3.05, 3.63) is 16.1 Å². The summed E-state index contributed by atoms with van der Waals surface area (Å²) < 4.78 is 0. The summed E-state index contributed by atoms with van der Waals surface area (Å²) >= 11 is 1.73. The van der Waals surface area contributed by atoms with Gasteiger partial charge < -0.3 is 10.4 Å². The summed E-state index contributed by atoms with van der Waals surface area (Å²) in [7, 11) is 0. The fourth-order valence-electron chi connectivity index (χ4n) is 1.89. The van der Waals surface area contributed by atoms with Crippen molar-refractivity contribution >= 4 is 11.3 Å². The van der Waals surface area contributed by atoms with Gasteiger partial charge in [-0.2, -0.15) is 0 Å². The van der Waals surface area contributed by atoms with E-state index >= 15 is 0 Å². The SMILES string of the molecule is CC(C)(CCCO)CNCc1nc(C(C)(C)C)cs1. The number of rotatable bonds is 7. The van der Waals surface area contributed by atoms with Gasteiger partial charge >= 0.3 is 0 Å². The average Bonchev–Trinajstić information content (AvgIpc) is 2.74. The van der Waals surface area contributed by atoms with Gasteiger partial charge in [-0.15, -0.1) is 11.3 Å². The zero-order valence-corrected chi connectivity index (χ0v) is 13.7. The fourth-order valence-corrected chi connectivity index (χ4v) is 2.88. The Labute approximate surface area is 121 Å². The Morgan fingerprint density at radius 2 is 1.95 bits per heavy atom. The molecule has 1 aromatic heterocycles. The zero-order valence-electron chi connectivity index (χ0n) is 12.9. The van der Waals surface area contributed by atoms with Crippen LogP contribution in [0.4, 0.5) is 0 Å². The molecule has 0 bridgehead atoms. The summed E-state index contributed by atoms with van der Waals surface area (Å²) in [4.78, 5) is 4.68. The van der Waals surface area contributed by atoms with Crippen molar-refractivity contribution in [2.45, 2.75) is 59.4 Å². The third-order valence-electron chi connectivity index (χ3n) is 3.21. The van der Waals surface area contributed by atoms with Gasteiger partial charge in [0.15, 0.2) is 0 Å². The average molecular weight is 284 g/mol. The number of hydrogen-bond donors (Lipinski definition) is 2. The van der Waals surface area contributed by atoms with E-state index in [0.717, 1.165) is 30.9 Å². The highest BCUT2D eigenvalue weighted by molar-refractivity contribution is 7.09. The van der Waals surface area contributed by atoms with Crippen LogP contribution in [0.2, 0.25) is 0 Å². The quantitative estimate of drug-likeness (QED) is 0.807. The zero-order chi connectivity index (χ0) is 14.5. The van der Waals surface area contributed by atoms with Crippen molar-refractivity contribution < 1.29 is 5.11 Å². The van der Waals surface area contributed by atoms with E-state index in [0.29, 0.717) is 0 Å². The van der Waals surface area contributed by atoms with E-state index in [1.54, 1.807) is 11.3 Å². The van der Waals surface area contributed by atoms with Crippen LogP contribution >= 0.6 is 11.3 Å². The second-order valence-electron chi connectivity index (χ2n) is 6.97. The van der Waals surface area contributed by atoms with E-state index in [2.05, 4.69) is 50.3 Å². The van der Waals surface area contributed by atoms with Gasteiger partial charge in [-0.1, -0.05) is 34.6 Å². The topological polar surface area (TPSA) is 45.1 Å². The molecule has 0 aliphatic carbocycles. The number of nitrogens with zero attached hydrogens (tertiary/aromatic N) is 1. The molecule has 0 unspecified atom stereocenters. The molecule has 1 rings (SSSR count). The first kappa shape index (κ1) is 16.6. The molecule has 110 valence electrons. The van der Waals surface area contributed by atoms with Gasteiger partial charge in [0.2, 0.25) is 0 Å². The molecule has 19 heavy (non-hydrogen) atoms. The van der Waals surface area contributed by atoms with Crippen LogP contribution in [0, 0.1) is 5.41 Å². The van der Waals surface area contributed by atoms with Crippen LogP contribution in [-0.2, 0) is 12.0 Å². The molecule has 4 heteroatoms. The molecule has 0 saturated heterocycles. The molecule has 0 amide bonds. The maximum absolute atomic E-state index is 8.88. The Balaban J connectivity index is 2.39. The summed E-state index contributed by atoms with van der Waals surface area (Å²) in [5.41, 5.74) is 1.54. The third kappa shape index (κ3) is 6.02. The van der Waals surface area contributed by atoms with Gasteiger partial charge in [0.25, 0.3) is 0 Å². The summed E-state index contributed by atoms with van der Waals surface area (Å²) in [5, 5.41) is 15.7. The summed E-state index contributed by atoms with van der Waals surface area (Å²) in [5.74, 6) is 0. The van der Waals surface area contributed by atoms with Crippen molar-refractivity contribution in [1.29, 1.82) is 0 Å². The highest BCUT2D eigenvalue weighted by atomic mass is 32.1. The first-order chi connectivity index (χ1) is 8.74. The van der Waals surface area contributed by atoms with Crippen LogP contribution in [0.3, 0.4) is 0 Å². The number of aromatic nitrogens is 1. The van der Waals surface area contributed by atoms with Gasteiger partial charge in [-0.3, -0.25) is 0 Å². The standard InChI is InChI=1S/C15H28N2OS/c1-14(2,3)12-10-19-13(17-12)9-16-11-15(4,5)7-6-8-18/h10,16,18H,6-9,11H2,1-5H3. The molecular weight excluding hydrogens is 256 g/mol. The third-order valence-corrected chi connectivity index (χ3v) is 4.06. The Hall–Kier alpha value is -0.450. The predicted octanol–water partition coefficient (Wildman–Crippen LogP) is 3.33. The number of thiazole rings is 1.